The second-order valence-corrected chi connectivity index (χ2v) is 15.0. The maximum atomic E-state index is 13.7. The Morgan fingerprint density at radius 1 is 0.964 bits per heavy atom. The van der Waals surface area contributed by atoms with Crippen molar-refractivity contribution in [3.8, 4) is 39.2 Å². The Kier molecular flexibility index (Phi) is 12.4. The molecule has 0 saturated carbocycles. The van der Waals surface area contributed by atoms with Crippen LogP contribution in [0.4, 0.5) is 4.39 Å². The van der Waals surface area contributed by atoms with E-state index in [2.05, 4.69) is 30.9 Å². The number of benzene rings is 3. The lowest BCUT2D eigenvalue weighted by Crippen LogP contribution is -2.32. The van der Waals surface area contributed by atoms with Gasteiger partial charge in [0, 0.05) is 12.6 Å². The van der Waals surface area contributed by atoms with Gasteiger partial charge in [-0.05, 0) is 96.7 Å². The number of rotatable bonds is 14. The second-order valence-electron chi connectivity index (χ2n) is 13.2. The van der Waals surface area contributed by atoms with Gasteiger partial charge in [-0.1, -0.05) is 36.4 Å². The molecule has 0 N–H and O–H groups in total. The maximum absolute atomic E-state index is 13.7. The van der Waals surface area contributed by atoms with Crippen LogP contribution in [-0.2, 0) is 38.5 Å². The van der Waals surface area contributed by atoms with Crippen molar-refractivity contribution >= 4 is 49.4 Å². The van der Waals surface area contributed by atoms with Gasteiger partial charge in [-0.15, -0.1) is 11.3 Å². The van der Waals surface area contributed by atoms with Crippen LogP contribution in [0.3, 0.4) is 0 Å². The summed E-state index contributed by atoms with van der Waals surface area (Å²) in [6.07, 6.45) is 1.80. The summed E-state index contributed by atoms with van der Waals surface area (Å²) in [4.78, 5) is 45.8. The van der Waals surface area contributed by atoms with E-state index >= 15 is 0 Å². The normalized spacial score (nSPS) is 11.9. The number of halogens is 2. The number of hydrogen-bond donors (Lipinski definition) is 0. The average Bonchev–Trinajstić information content (AvgIpc) is 3.50. The summed E-state index contributed by atoms with van der Waals surface area (Å²) in [6.45, 7) is 7.30. The highest BCUT2D eigenvalue weighted by molar-refractivity contribution is 9.10. The molecule has 0 bridgehead atoms. The Morgan fingerprint density at radius 2 is 1.75 bits per heavy atom. The van der Waals surface area contributed by atoms with Crippen molar-refractivity contribution in [3.63, 3.8) is 0 Å². The van der Waals surface area contributed by atoms with E-state index in [4.69, 9.17) is 28.7 Å². The zero-order valence-corrected chi connectivity index (χ0v) is 33.2. The molecule has 6 rings (SSSR count). The summed E-state index contributed by atoms with van der Waals surface area (Å²) in [5.74, 6) is 0.313. The highest BCUT2D eigenvalue weighted by Gasteiger charge is 2.28. The van der Waals surface area contributed by atoms with Crippen LogP contribution in [0, 0.1) is 5.82 Å². The largest absolute Gasteiger partial charge is 0.496 e. The smallest absolute Gasteiger partial charge is 0.347 e. The van der Waals surface area contributed by atoms with Gasteiger partial charge in [-0.25, -0.2) is 29.1 Å². The zero-order valence-electron chi connectivity index (χ0n) is 30.8. The number of para-hydroxylation sites is 1. The third-order valence-corrected chi connectivity index (χ3v) is 10.2. The van der Waals surface area contributed by atoms with Crippen molar-refractivity contribution in [1.82, 2.24) is 19.9 Å². The first-order valence-corrected chi connectivity index (χ1v) is 19.0. The fourth-order valence-corrected chi connectivity index (χ4v) is 7.66. The number of esters is 2. The number of thiophene rings is 1. The van der Waals surface area contributed by atoms with Crippen LogP contribution >= 0.6 is 27.3 Å². The number of carbonyl (C=O) groups excluding carboxylic acids is 2. The summed E-state index contributed by atoms with van der Waals surface area (Å²) in [5, 5.41) is 0.547. The zero-order chi connectivity index (χ0) is 39.1. The lowest BCUT2D eigenvalue weighted by molar-refractivity contribution is -0.154. The van der Waals surface area contributed by atoms with Crippen LogP contribution in [0.2, 0.25) is 0 Å². The third-order valence-electron chi connectivity index (χ3n) is 8.04. The maximum Gasteiger partial charge on any atom is 0.347 e. The number of fused-ring (bicyclic) bond motifs is 1. The molecule has 0 fully saturated rings. The van der Waals surface area contributed by atoms with Gasteiger partial charge >= 0.3 is 11.9 Å². The molecule has 6 aromatic rings. The molecule has 0 saturated heterocycles. The summed E-state index contributed by atoms with van der Waals surface area (Å²) in [6, 6.07) is 20.6. The Hall–Kier alpha value is -5.47. The van der Waals surface area contributed by atoms with E-state index in [-0.39, 0.29) is 37.8 Å². The molecule has 3 aromatic heterocycles. The fraction of sp³-hybridized carbons (Fsp3) is 0.268. The van der Waals surface area contributed by atoms with E-state index in [9.17, 15) is 14.0 Å². The Balaban J connectivity index is 1.33. The molecular weight excluding hydrogens is 791 g/mol. The van der Waals surface area contributed by atoms with E-state index in [0.717, 1.165) is 16.0 Å². The SMILES string of the molecule is CCOC(=O)[C@@H](Cc1cc(CC(=O)OC(C)(C)C)ccc1OCc1ccnc(-c2ccccc2OC)n1)Oc1ncnc2sc(-c3ccc(F)cc3)c(Br)c12. The van der Waals surface area contributed by atoms with Gasteiger partial charge < -0.3 is 23.7 Å². The Morgan fingerprint density at radius 3 is 2.49 bits per heavy atom. The van der Waals surface area contributed by atoms with Crippen molar-refractivity contribution in [2.24, 2.45) is 0 Å². The standard InChI is InChI=1S/C41H38BrFN4O7S/c1-6-51-40(49)32(53-38-34-35(42)36(55-39(34)46-23-45-38)25-12-14-27(43)15-13-25)21-26-19-24(20-33(48)54-41(2,3)4)11-16-30(26)52-22-28-17-18-44-37(47-28)29-9-7-8-10-31(29)50-5/h7-19,23,32H,6,20-22H2,1-5H3/t32-/m1/s1. The van der Waals surface area contributed by atoms with Gasteiger partial charge in [0.1, 0.15) is 40.7 Å². The molecule has 14 heteroatoms. The molecule has 0 unspecified atom stereocenters. The van der Waals surface area contributed by atoms with E-state index in [1.807, 2.05) is 24.3 Å². The average molecular weight is 830 g/mol. The van der Waals surface area contributed by atoms with Crippen molar-refractivity contribution in [2.75, 3.05) is 13.7 Å². The number of hydrogen-bond acceptors (Lipinski definition) is 12. The van der Waals surface area contributed by atoms with Gasteiger partial charge in [-0.3, -0.25) is 4.79 Å². The van der Waals surface area contributed by atoms with Gasteiger partial charge in [0.15, 0.2) is 5.82 Å². The van der Waals surface area contributed by atoms with Gasteiger partial charge in [0.25, 0.3) is 0 Å². The van der Waals surface area contributed by atoms with Crippen molar-refractivity contribution in [3.05, 3.63) is 112 Å². The molecule has 55 heavy (non-hydrogen) atoms. The van der Waals surface area contributed by atoms with Crippen molar-refractivity contribution < 1.29 is 37.7 Å². The number of carbonyl (C=O) groups is 2. The predicted octanol–water partition coefficient (Wildman–Crippen LogP) is 8.74. The van der Waals surface area contributed by atoms with Crippen LogP contribution in [0.5, 0.6) is 17.4 Å². The van der Waals surface area contributed by atoms with Crippen LogP contribution in [0.25, 0.3) is 32.0 Å². The summed E-state index contributed by atoms with van der Waals surface area (Å²) in [5.41, 5.74) is 2.65. The molecule has 0 amide bonds. The molecule has 0 aliphatic heterocycles. The van der Waals surface area contributed by atoms with Crippen LogP contribution in [0.15, 0.2) is 89.8 Å². The third kappa shape index (κ3) is 9.80. The van der Waals surface area contributed by atoms with Gasteiger partial charge in [0.2, 0.25) is 12.0 Å². The van der Waals surface area contributed by atoms with E-state index in [0.29, 0.717) is 48.8 Å². The molecule has 0 aliphatic rings. The molecule has 3 aromatic carbocycles. The molecule has 0 aliphatic carbocycles. The van der Waals surface area contributed by atoms with Crippen molar-refractivity contribution in [1.29, 1.82) is 0 Å². The lowest BCUT2D eigenvalue weighted by Gasteiger charge is -2.21. The van der Waals surface area contributed by atoms with Gasteiger partial charge in [-0.2, -0.15) is 0 Å². The minimum atomic E-state index is -1.19. The highest BCUT2D eigenvalue weighted by Crippen LogP contribution is 2.44. The molecule has 0 spiro atoms. The topological polar surface area (TPSA) is 132 Å². The first kappa shape index (κ1) is 39.2. The molecule has 3 heterocycles. The number of nitrogens with zero attached hydrogens (tertiary/aromatic N) is 4. The summed E-state index contributed by atoms with van der Waals surface area (Å²) >= 11 is 5.05. The molecule has 11 nitrogen and oxygen atoms in total. The van der Waals surface area contributed by atoms with Crippen LogP contribution in [-0.4, -0.2) is 57.3 Å². The molecule has 1 atom stereocenters. The minimum absolute atomic E-state index is 0.00929. The van der Waals surface area contributed by atoms with Crippen LogP contribution < -0.4 is 14.2 Å². The molecular formula is C41H38BrFN4O7S. The van der Waals surface area contributed by atoms with Crippen LogP contribution in [0.1, 0.15) is 44.5 Å². The minimum Gasteiger partial charge on any atom is -0.496 e. The Bertz CT molecular complexity index is 2310. The number of aromatic nitrogens is 4. The van der Waals surface area contributed by atoms with Gasteiger partial charge in [0.05, 0.1) is 46.1 Å². The number of methoxy groups -OCH3 is 1. The number of ether oxygens (including phenoxy) is 5. The highest BCUT2D eigenvalue weighted by atomic mass is 79.9. The molecule has 284 valence electrons. The van der Waals surface area contributed by atoms with E-state index in [1.165, 1.54) is 29.8 Å². The predicted molar refractivity (Wildman–Crippen MR) is 210 cm³/mol. The fourth-order valence-electron chi connectivity index (χ4n) is 5.67. The first-order valence-electron chi connectivity index (χ1n) is 17.4. The summed E-state index contributed by atoms with van der Waals surface area (Å²) in [7, 11) is 1.59. The monoisotopic (exact) mass is 828 g/mol. The second kappa shape index (κ2) is 17.3. The lowest BCUT2D eigenvalue weighted by atomic mass is 10.0. The first-order chi connectivity index (χ1) is 26.4. The van der Waals surface area contributed by atoms with E-state index < -0.39 is 23.6 Å². The van der Waals surface area contributed by atoms with E-state index in [1.54, 1.807) is 77.4 Å². The quantitative estimate of drug-likeness (QED) is 0.0977. The van der Waals surface area contributed by atoms with Crippen molar-refractivity contribution in [2.45, 2.75) is 58.8 Å². The molecule has 0 radical (unpaired) electrons. The summed E-state index contributed by atoms with van der Waals surface area (Å²) < 4.78 is 43.7. The Labute approximate surface area is 330 Å².